The van der Waals surface area contributed by atoms with E-state index in [1.165, 1.54) is 0 Å². The summed E-state index contributed by atoms with van der Waals surface area (Å²) in [5.74, 6) is 0.260. The van der Waals surface area contributed by atoms with Crippen molar-refractivity contribution in [2.75, 3.05) is 50.3 Å². The largest absolute Gasteiger partial charge is 0.494 e. The Morgan fingerprint density at radius 3 is 2.46 bits per heavy atom. The standard InChI is InChI=1S/C27H27ClN4O3/c1-31(2)16-24(33)32(3)22-13-11-19(15-23(22)35-4)29-26(17-8-6-5-7-9-17)25-20-12-10-18(28)14-21(20)30-27(25)34/h5-15,29H,16H2,1-4H3,(H,30,34). The summed E-state index contributed by atoms with van der Waals surface area (Å²) in [5, 5.41) is 6.87. The van der Waals surface area contributed by atoms with Gasteiger partial charge < -0.3 is 25.2 Å². The number of hydrogen-bond acceptors (Lipinski definition) is 5. The van der Waals surface area contributed by atoms with Crippen molar-refractivity contribution < 1.29 is 14.3 Å². The number of likely N-dealkylation sites (N-methyl/N-ethyl adjacent to an activating group) is 2. The molecule has 0 saturated carbocycles. The Morgan fingerprint density at radius 2 is 1.77 bits per heavy atom. The van der Waals surface area contributed by atoms with Gasteiger partial charge in [-0.15, -0.1) is 0 Å². The minimum atomic E-state index is -0.216. The molecule has 4 rings (SSSR count). The quantitative estimate of drug-likeness (QED) is 0.465. The fraction of sp³-hybridized carbons (Fsp3) is 0.185. The van der Waals surface area contributed by atoms with Gasteiger partial charge in [0, 0.05) is 29.4 Å². The van der Waals surface area contributed by atoms with Crippen molar-refractivity contribution in [3.63, 3.8) is 0 Å². The second-order valence-corrected chi connectivity index (χ2v) is 8.90. The first kappa shape index (κ1) is 24.3. The Kier molecular flexibility index (Phi) is 7.10. The van der Waals surface area contributed by atoms with E-state index in [-0.39, 0.29) is 18.4 Å². The molecule has 1 heterocycles. The molecular formula is C27H27ClN4O3. The third-order valence-electron chi connectivity index (χ3n) is 5.67. The first-order valence-corrected chi connectivity index (χ1v) is 11.4. The van der Waals surface area contributed by atoms with Crippen molar-refractivity contribution in [1.29, 1.82) is 0 Å². The van der Waals surface area contributed by atoms with Gasteiger partial charge in [-0.05, 0) is 43.9 Å². The van der Waals surface area contributed by atoms with Crippen molar-refractivity contribution in [3.05, 3.63) is 82.9 Å². The van der Waals surface area contributed by atoms with E-state index in [1.807, 2.05) is 73.6 Å². The number of anilines is 3. The van der Waals surface area contributed by atoms with E-state index in [4.69, 9.17) is 16.3 Å². The van der Waals surface area contributed by atoms with Gasteiger partial charge in [-0.2, -0.15) is 0 Å². The van der Waals surface area contributed by atoms with Crippen LogP contribution in [0, 0.1) is 0 Å². The Balaban J connectivity index is 1.77. The number of methoxy groups -OCH3 is 1. The lowest BCUT2D eigenvalue weighted by Gasteiger charge is -2.23. The van der Waals surface area contributed by atoms with Gasteiger partial charge in [0.1, 0.15) is 5.75 Å². The van der Waals surface area contributed by atoms with Crippen LogP contribution in [-0.4, -0.2) is 51.5 Å². The van der Waals surface area contributed by atoms with E-state index in [1.54, 1.807) is 31.2 Å². The second kappa shape index (κ2) is 10.2. The Bertz CT molecular complexity index is 1310. The van der Waals surface area contributed by atoms with Gasteiger partial charge in [0.05, 0.1) is 36.3 Å². The van der Waals surface area contributed by atoms with Gasteiger partial charge in [0.25, 0.3) is 5.91 Å². The summed E-state index contributed by atoms with van der Waals surface area (Å²) in [7, 11) is 6.98. The van der Waals surface area contributed by atoms with Gasteiger partial charge in [-0.1, -0.05) is 48.0 Å². The number of carbonyl (C=O) groups is 2. The van der Waals surface area contributed by atoms with E-state index >= 15 is 0 Å². The summed E-state index contributed by atoms with van der Waals surface area (Å²) in [6.45, 7) is 0.280. The van der Waals surface area contributed by atoms with Crippen LogP contribution in [0.2, 0.25) is 5.02 Å². The summed E-state index contributed by atoms with van der Waals surface area (Å²) in [5.41, 5.74) is 4.81. The number of benzene rings is 3. The fourth-order valence-corrected chi connectivity index (χ4v) is 4.14. The van der Waals surface area contributed by atoms with Gasteiger partial charge in [0.15, 0.2) is 0 Å². The highest BCUT2D eigenvalue weighted by Gasteiger charge is 2.29. The molecule has 0 fully saturated rings. The number of fused-ring (bicyclic) bond motifs is 1. The van der Waals surface area contributed by atoms with Crippen molar-refractivity contribution >= 4 is 51.7 Å². The van der Waals surface area contributed by atoms with E-state index in [0.717, 1.165) is 11.1 Å². The van der Waals surface area contributed by atoms with Crippen molar-refractivity contribution in [1.82, 2.24) is 4.90 Å². The molecule has 0 aliphatic carbocycles. The van der Waals surface area contributed by atoms with Crippen LogP contribution in [0.1, 0.15) is 11.1 Å². The second-order valence-electron chi connectivity index (χ2n) is 8.46. The van der Waals surface area contributed by atoms with Gasteiger partial charge in [-0.25, -0.2) is 0 Å². The monoisotopic (exact) mass is 490 g/mol. The lowest BCUT2D eigenvalue weighted by atomic mass is 10.00. The Hall–Kier alpha value is -3.81. The van der Waals surface area contributed by atoms with E-state index in [2.05, 4.69) is 10.6 Å². The van der Waals surface area contributed by atoms with Crippen LogP contribution in [0.3, 0.4) is 0 Å². The highest BCUT2D eigenvalue weighted by atomic mass is 35.5. The predicted octanol–water partition coefficient (Wildman–Crippen LogP) is 4.81. The number of rotatable bonds is 7. The van der Waals surface area contributed by atoms with Crippen LogP contribution in [0.25, 0.3) is 11.3 Å². The number of amides is 2. The number of halogens is 1. The third kappa shape index (κ3) is 5.16. The number of carbonyl (C=O) groups excluding carboxylic acids is 2. The molecule has 0 saturated heterocycles. The zero-order valence-electron chi connectivity index (χ0n) is 20.1. The first-order chi connectivity index (χ1) is 16.8. The van der Waals surface area contributed by atoms with Gasteiger partial charge in [0.2, 0.25) is 5.91 Å². The maximum atomic E-state index is 13.1. The zero-order valence-corrected chi connectivity index (χ0v) is 20.8. The molecule has 7 nitrogen and oxygen atoms in total. The highest BCUT2D eigenvalue weighted by molar-refractivity contribution is 6.38. The van der Waals surface area contributed by atoms with Crippen molar-refractivity contribution in [3.8, 4) is 5.75 Å². The molecular weight excluding hydrogens is 464 g/mol. The molecule has 2 amide bonds. The molecule has 1 aliphatic heterocycles. The van der Waals surface area contributed by atoms with Crippen LogP contribution in [0.5, 0.6) is 5.75 Å². The fourth-order valence-electron chi connectivity index (χ4n) is 3.96. The number of hydrogen-bond donors (Lipinski definition) is 2. The normalized spacial score (nSPS) is 13.8. The molecule has 3 aromatic rings. The predicted molar refractivity (Wildman–Crippen MR) is 142 cm³/mol. The summed E-state index contributed by atoms with van der Waals surface area (Å²) < 4.78 is 5.61. The zero-order chi connectivity index (χ0) is 25.1. The maximum absolute atomic E-state index is 13.1. The molecule has 35 heavy (non-hydrogen) atoms. The summed E-state index contributed by atoms with van der Waals surface area (Å²) in [6, 6.07) is 20.5. The van der Waals surface area contributed by atoms with E-state index < -0.39 is 0 Å². The first-order valence-electron chi connectivity index (χ1n) is 11.1. The molecule has 0 unspecified atom stereocenters. The minimum Gasteiger partial charge on any atom is -0.494 e. The van der Waals surface area contributed by atoms with Crippen molar-refractivity contribution in [2.24, 2.45) is 0 Å². The van der Waals surface area contributed by atoms with Crippen LogP contribution in [0.15, 0.2) is 66.7 Å². The average molecular weight is 491 g/mol. The number of ether oxygens (including phenoxy) is 1. The van der Waals surface area contributed by atoms with Gasteiger partial charge in [-0.3, -0.25) is 9.59 Å². The van der Waals surface area contributed by atoms with Crippen LogP contribution in [-0.2, 0) is 9.59 Å². The molecule has 0 radical (unpaired) electrons. The minimum absolute atomic E-state index is 0.0565. The smallest absolute Gasteiger partial charge is 0.258 e. The maximum Gasteiger partial charge on any atom is 0.258 e. The Labute approximate surface area is 209 Å². The number of nitrogens with one attached hydrogen (secondary N) is 2. The molecule has 0 spiro atoms. The van der Waals surface area contributed by atoms with Crippen molar-refractivity contribution in [2.45, 2.75) is 0 Å². The number of nitrogens with zero attached hydrogens (tertiary/aromatic N) is 2. The molecule has 0 aromatic heterocycles. The molecule has 8 heteroatoms. The lowest BCUT2D eigenvalue weighted by Crippen LogP contribution is -2.35. The molecule has 0 bridgehead atoms. The van der Waals surface area contributed by atoms with E-state index in [0.29, 0.717) is 39.1 Å². The summed E-state index contributed by atoms with van der Waals surface area (Å²) in [6.07, 6.45) is 0. The highest BCUT2D eigenvalue weighted by Crippen LogP contribution is 2.39. The molecule has 180 valence electrons. The SMILES string of the molecule is COc1cc(NC(=C2C(=O)Nc3cc(Cl)ccc32)c2ccccc2)ccc1N(C)C(=O)CN(C)C. The van der Waals surface area contributed by atoms with Gasteiger partial charge >= 0.3 is 0 Å². The van der Waals surface area contributed by atoms with Crippen LogP contribution < -0.4 is 20.3 Å². The van der Waals surface area contributed by atoms with E-state index in [9.17, 15) is 9.59 Å². The molecule has 3 aromatic carbocycles. The molecule has 1 aliphatic rings. The summed E-state index contributed by atoms with van der Waals surface area (Å²) >= 11 is 6.14. The molecule has 0 atom stereocenters. The molecule has 2 N–H and O–H groups in total. The van der Waals surface area contributed by atoms with Crippen LogP contribution in [0.4, 0.5) is 17.1 Å². The van der Waals surface area contributed by atoms with Crippen LogP contribution >= 0.6 is 11.6 Å². The third-order valence-corrected chi connectivity index (χ3v) is 5.91. The average Bonchev–Trinajstić information content (AvgIpc) is 3.16. The lowest BCUT2D eigenvalue weighted by molar-refractivity contribution is -0.119. The topological polar surface area (TPSA) is 73.9 Å². The summed E-state index contributed by atoms with van der Waals surface area (Å²) in [4.78, 5) is 29.0. The Morgan fingerprint density at radius 1 is 1.03 bits per heavy atom.